The third-order valence-corrected chi connectivity index (χ3v) is 2.48. The van der Waals surface area contributed by atoms with Crippen LogP contribution in [0.1, 0.15) is 13.8 Å². The number of ether oxygens (including phenoxy) is 2. The van der Waals surface area contributed by atoms with Crippen molar-refractivity contribution in [1.82, 2.24) is 0 Å². The second kappa shape index (κ2) is 6.06. The number of non-ortho nitro benzene ring substituents is 1. The quantitative estimate of drug-likeness (QED) is 0.605. The average Bonchev–Trinajstić information content (AvgIpc) is 2.41. The summed E-state index contributed by atoms with van der Waals surface area (Å²) in [6, 6.07) is 13.2. The molecule has 20 heavy (non-hydrogen) atoms. The molecule has 0 amide bonds. The molecule has 2 aromatic carbocycles. The van der Waals surface area contributed by atoms with Crippen LogP contribution in [-0.4, -0.2) is 11.0 Å². The van der Waals surface area contributed by atoms with Crippen LogP contribution < -0.4 is 9.47 Å². The van der Waals surface area contributed by atoms with Crippen LogP contribution in [0.2, 0.25) is 0 Å². The van der Waals surface area contributed by atoms with Crippen molar-refractivity contribution in [2.45, 2.75) is 20.0 Å². The highest BCUT2D eigenvalue weighted by atomic mass is 16.6. The van der Waals surface area contributed by atoms with Gasteiger partial charge < -0.3 is 9.47 Å². The number of benzene rings is 2. The molecule has 0 aromatic heterocycles. The first-order valence-electron chi connectivity index (χ1n) is 6.23. The molecule has 0 saturated carbocycles. The van der Waals surface area contributed by atoms with Gasteiger partial charge in [0.15, 0.2) is 0 Å². The molecule has 0 heterocycles. The molecular weight excluding hydrogens is 258 g/mol. The fourth-order valence-corrected chi connectivity index (χ4v) is 1.63. The Morgan fingerprint density at radius 3 is 1.80 bits per heavy atom. The van der Waals surface area contributed by atoms with Crippen molar-refractivity contribution in [2.24, 2.45) is 0 Å². The molecule has 0 unspecified atom stereocenters. The Balaban J connectivity index is 2.04. The first kappa shape index (κ1) is 13.9. The Morgan fingerprint density at radius 1 is 0.900 bits per heavy atom. The normalized spacial score (nSPS) is 10.3. The van der Waals surface area contributed by atoms with Gasteiger partial charge in [0.2, 0.25) is 0 Å². The molecule has 0 saturated heterocycles. The van der Waals surface area contributed by atoms with E-state index in [4.69, 9.17) is 9.47 Å². The van der Waals surface area contributed by atoms with Crippen molar-refractivity contribution in [2.75, 3.05) is 0 Å². The summed E-state index contributed by atoms with van der Waals surface area (Å²) in [7, 11) is 0. The standard InChI is InChI=1S/C15H15NO4/c1-11(2)19-13-7-9-15(10-8-13)20-14-5-3-12(4-6-14)16(17)18/h3-11H,1-2H3. The van der Waals surface area contributed by atoms with Crippen molar-refractivity contribution in [3.05, 3.63) is 58.6 Å². The van der Waals surface area contributed by atoms with E-state index in [9.17, 15) is 10.1 Å². The van der Waals surface area contributed by atoms with Crippen LogP contribution in [0.3, 0.4) is 0 Å². The molecule has 0 aliphatic heterocycles. The summed E-state index contributed by atoms with van der Waals surface area (Å²) in [6.07, 6.45) is 0.122. The van der Waals surface area contributed by atoms with E-state index >= 15 is 0 Å². The fourth-order valence-electron chi connectivity index (χ4n) is 1.63. The van der Waals surface area contributed by atoms with E-state index in [1.807, 2.05) is 26.0 Å². The summed E-state index contributed by atoms with van der Waals surface area (Å²) in [5, 5.41) is 10.5. The monoisotopic (exact) mass is 273 g/mol. The number of nitrogens with zero attached hydrogens (tertiary/aromatic N) is 1. The molecule has 0 spiro atoms. The van der Waals surface area contributed by atoms with Crippen molar-refractivity contribution >= 4 is 5.69 Å². The predicted molar refractivity (Wildman–Crippen MR) is 75.4 cm³/mol. The maximum Gasteiger partial charge on any atom is 0.269 e. The topological polar surface area (TPSA) is 61.6 Å². The van der Waals surface area contributed by atoms with Gasteiger partial charge >= 0.3 is 0 Å². The summed E-state index contributed by atoms with van der Waals surface area (Å²) in [4.78, 5) is 10.1. The van der Waals surface area contributed by atoms with E-state index in [1.54, 1.807) is 24.3 Å². The van der Waals surface area contributed by atoms with Crippen LogP contribution >= 0.6 is 0 Å². The number of nitro groups is 1. The lowest BCUT2D eigenvalue weighted by molar-refractivity contribution is -0.384. The first-order valence-corrected chi connectivity index (χ1v) is 6.23. The van der Waals surface area contributed by atoms with Gasteiger partial charge in [-0.2, -0.15) is 0 Å². The largest absolute Gasteiger partial charge is 0.491 e. The van der Waals surface area contributed by atoms with Crippen molar-refractivity contribution in [3.63, 3.8) is 0 Å². The highest BCUT2D eigenvalue weighted by Gasteiger charge is 2.05. The van der Waals surface area contributed by atoms with Gasteiger partial charge in [0.1, 0.15) is 17.2 Å². The van der Waals surface area contributed by atoms with Crippen molar-refractivity contribution in [1.29, 1.82) is 0 Å². The Hall–Kier alpha value is -2.56. The lowest BCUT2D eigenvalue weighted by Gasteiger charge is -2.10. The molecule has 0 fully saturated rings. The Morgan fingerprint density at radius 2 is 1.35 bits per heavy atom. The van der Waals surface area contributed by atoms with Gasteiger partial charge in [0.05, 0.1) is 11.0 Å². The molecule has 104 valence electrons. The Bertz CT molecular complexity index is 576. The van der Waals surface area contributed by atoms with Crippen LogP contribution in [0.25, 0.3) is 0 Å². The van der Waals surface area contributed by atoms with E-state index in [1.165, 1.54) is 12.1 Å². The SMILES string of the molecule is CC(C)Oc1ccc(Oc2ccc([N+](=O)[O-])cc2)cc1. The molecule has 5 heteroatoms. The molecule has 0 bridgehead atoms. The van der Waals surface area contributed by atoms with E-state index in [0.717, 1.165) is 5.75 Å². The molecule has 5 nitrogen and oxygen atoms in total. The maximum atomic E-state index is 10.5. The zero-order valence-electron chi connectivity index (χ0n) is 11.3. The van der Waals surface area contributed by atoms with Crippen LogP contribution in [0.5, 0.6) is 17.2 Å². The summed E-state index contributed by atoms with van der Waals surface area (Å²) >= 11 is 0. The third-order valence-electron chi connectivity index (χ3n) is 2.48. The van der Waals surface area contributed by atoms with E-state index in [2.05, 4.69) is 0 Å². The van der Waals surface area contributed by atoms with Gasteiger partial charge in [-0.3, -0.25) is 10.1 Å². The molecule has 0 aliphatic rings. The number of hydrogen-bond acceptors (Lipinski definition) is 4. The maximum absolute atomic E-state index is 10.5. The van der Waals surface area contributed by atoms with Crippen molar-refractivity contribution < 1.29 is 14.4 Å². The van der Waals surface area contributed by atoms with Gasteiger partial charge in [-0.15, -0.1) is 0 Å². The smallest absolute Gasteiger partial charge is 0.269 e. The highest BCUT2D eigenvalue weighted by molar-refractivity contribution is 5.39. The van der Waals surface area contributed by atoms with Crippen LogP contribution in [-0.2, 0) is 0 Å². The molecule has 0 aliphatic carbocycles. The Kier molecular flexibility index (Phi) is 4.20. The molecule has 0 atom stereocenters. The summed E-state index contributed by atoms with van der Waals surface area (Å²) in [5.41, 5.74) is 0.0398. The summed E-state index contributed by atoms with van der Waals surface area (Å²) in [6.45, 7) is 3.92. The summed E-state index contributed by atoms with van der Waals surface area (Å²) in [5.74, 6) is 1.97. The lowest BCUT2D eigenvalue weighted by atomic mass is 10.3. The summed E-state index contributed by atoms with van der Waals surface area (Å²) < 4.78 is 11.1. The Labute approximate surface area is 116 Å². The zero-order chi connectivity index (χ0) is 14.5. The minimum absolute atomic E-state index is 0.0398. The van der Waals surface area contributed by atoms with Gasteiger partial charge in [-0.1, -0.05) is 0 Å². The molecular formula is C15H15NO4. The van der Waals surface area contributed by atoms with E-state index in [0.29, 0.717) is 11.5 Å². The zero-order valence-corrected chi connectivity index (χ0v) is 11.3. The van der Waals surface area contributed by atoms with Gasteiger partial charge in [-0.05, 0) is 50.2 Å². The second-order valence-corrected chi connectivity index (χ2v) is 4.49. The van der Waals surface area contributed by atoms with Gasteiger partial charge in [0.25, 0.3) is 5.69 Å². The second-order valence-electron chi connectivity index (χ2n) is 4.49. The number of rotatable bonds is 5. The molecule has 0 radical (unpaired) electrons. The van der Waals surface area contributed by atoms with Crippen LogP contribution in [0.15, 0.2) is 48.5 Å². The highest BCUT2D eigenvalue weighted by Crippen LogP contribution is 2.25. The molecule has 2 aromatic rings. The lowest BCUT2D eigenvalue weighted by Crippen LogP contribution is -2.05. The number of nitro benzene ring substituents is 1. The third kappa shape index (κ3) is 3.71. The minimum atomic E-state index is -0.443. The van der Waals surface area contributed by atoms with Gasteiger partial charge in [0, 0.05) is 12.1 Å². The fraction of sp³-hybridized carbons (Fsp3) is 0.200. The number of hydrogen-bond donors (Lipinski definition) is 0. The van der Waals surface area contributed by atoms with Crippen molar-refractivity contribution in [3.8, 4) is 17.2 Å². The average molecular weight is 273 g/mol. The van der Waals surface area contributed by atoms with Gasteiger partial charge in [-0.25, -0.2) is 0 Å². The van der Waals surface area contributed by atoms with Crippen LogP contribution in [0.4, 0.5) is 5.69 Å². The molecule has 0 N–H and O–H groups in total. The first-order chi connectivity index (χ1) is 9.54. The van der Waals surface area contributed by atoms with E-state index in [-0.39, 0.29) is 11.8 Å². The van der Waals surface area contributed by atoms with Crippen LogP contribution in [0, 0.1) is 10.1 Å². The minimum Gasteiger partial charge on any atom is -0.491 e. The van der Waals surface area contributed by atoms with E-state index < -0.39 is 4.92 Å². The predicted octanol–water partition coefficient (Wildman–Crippen LogP) is 4.17. The molecule has 2 rings (SSSR count).